The van der Waals surface area contributed by atoms with Crippen LogP contribution in [0.2, 0.25) is 0 Å². The Hall–Kier alpha value is -1.35. The lowest BCUT2D eigenvalue weighted by molar-refractivity contribution is -0.146. The van der Waals surface area contributed by atoms with Crippen LogP contribution in [0.25, 0.3) is 0 Å². The molecule has 0 amide bonds. The molecule has 0 saturated carbocycles. The van der Waals surface area contributed by atoms with Crippen molar-refractivity contribution >= 4 is 5.97 Å². The monoisotopic (exact) mass is 292 g/mol. The quantitative estimate of drug-likeness (QED) is 0.335. The van der Waals surface area contributed by atoms with E-state index >= 15 is 0 Å². The van der Waals surface area contributed by atoms with E-state index < -0.39 is 6.10 Å². The van der Waals surface area contributed by atoms with Gasteiger partial charge in [0.2, 0.25) is 0 Å². The normalized spacial score (nSPS) is 12.1. The molecule has 0 spiro atoms. The van der Waals surface area contributed by atoms with Crippen molar-refractivity contribution in [2.75, 3.05) is 7.11 Å². The summed E-state index contributed by atoms with van der Waals surface area (Å²) in [6.45, 7) is 2.22. The third-order valence-electron chi connectivity index (χ3n) is 3.58. The van der Waals surface area contributed by atoms with Gasteiger partial charge in [-0.3, -0.25) is 0 Å². The lowest BCUT2D eigenvalue weighted by atomic mass is 10.1. The first kappa shape index (κ1) is 17.7. The number of benzene rings is 1. The van der Waals surface area contributed by atoms with E-state index in [0.29, 0.717) is 5.75 Å². The number of methoxy groups -OCH3 is 1. The van der Waals surface area contributed by atoms with Crippen molar-refractivity contribution in [2.45, 2.75) is 64.4 Å². The predicted molar refractivity (Wildman–Crippen MR) is 85.5 cm³/mol. The van der Waals surface area contributed by atoms with E-state index in [1.54, 1.807) is 19.2 Å². The topological polar surface area (TPSA) is 35.5 Å². The molecule has 1 rings (SSSR count). The standard InChI is InChI=1S/C18H28O3/c1-3-4-5-6-7-8-12-15-17(20-2)18(19)21-16-13-10-9-11-14-16/h9-11,13-14,17H,3-8,12,15H2,1-2H3. The van der Waals surface area contributed by atoms with Crippen LogP contribution in [-0.4, -0.2) is 19.2 Å². The van der Waals surface area contributed by atoms with Gasteiger partial charge in [0.25, 0.3) is 0 Å². The van der Waals surface area contributed by atoms with Crippen LogP contribution >= 0.6 is 0 Å². The molecule has 0 N–H and O–H groups in total. The van der Waals surface area contributed by atoms with E-state index in [9.17, 15) is 4.79 Å². The number of esters is 1. The van der Waals surface area contributed by atoms with E-state index in [4.69, 9.17) is 9.47 Å². The maximum atomic E-state index is 12.0. The summed E-state index contributed by atoms with van der Waals surface area (Å²) < 4.78 is 10.6. The molecule has 3 nitrogen and oxygen atoms in total. The second-order valence-electron chi connectivity index (χ2n) is 5.37. The molecule has 0 radical (unpaired) electrons. The Morgan fingerprint density at radius 1 is 1.00 bits per heavy atom. The molecule has 1 unspecified atom stereocenters. The van der Waals surface area contributed by atoms with Gasteiger partial charge in [0.05, 0.1) is 0 Å². The molecule has 1 aromatic rings. The second-order valence-corrected chi connectivity index (χ2v) is 5.37. The number of para-hydroxylation sites is 1. The van der Waals surface area contributed by atoms with E-state index in [1.807, 2.05) is 18.2 Å². The smallest absolute Gasteiger partial charge is 0.340 e. The largest absolute Gasteiger partial charge is 0.425 e. The van der Waals surface area contributed by atoms with Crippen molar-refractivity contribution in [2.24, 2.45) is 0 Å². The van der Waals surface area contributed by atoms with Crippen LogP contribution in [0, 0.1) is 0 Å². The van der Waals surface area contributed by atoms with Crippen molar-refractivity contribution in [1.29, 1.82) is 0 Å². The molecule has 3 heteroatoms. The third-order valence-corrected chi connectivity index (χ3v) is 3.58. The SMILES string of the molecule is CCCCCCCCCC(OC)C(=O)Oc1ccccc1. The average Bonchev–Trinajstić information content (AvgIpc) is 2.51. The van der Waals surface area contributed by atoms with Crippen molar-refractivity contribution in [1.82, 2.24) is 0 Å². The number of hydrogen-bond acceptors (Lipinski definition) is 3. The van der Waals surface area contributed by atoms with Gasteiger partial charge in [-0.15, -0.1) is 0 Å². The summed E-state index contributed by atoms with van der Waals surface area (Å²) in [5.74, 6) is 0.277. The van der Waals surface area contributed by atoms with E-state index in [1.165, 1.54) is 32.1 Å². The minimum atomic E-state index is -0.458. The lowest BCUT2D eigenvalue weighted by Crippen LogP contribution is -2.27. The summed E-state index contributed by atoms with van der Waals surface area (Å²) in [5, 5.41) is 0. The fraction of sp³-hybridized carbons (Fsp3) is 0.611. The Morgan fingerprint density at radius 2 is 1.62 bits per heavy atom. The molecule has 0 saturated heterocycles. The van der Waals surface area contributed by atoms with Gasteiger partial charge >= 0.3 is 5.97 Å². The minimum absolute atomic E-state index is 0.297. The first-order valence-corrected chi connectivity index (χ1v) is 8.07. The van der Waals surface area contributed by atoms with Crippen LogP contribution in [0.1, 0.15) is 58.3 Å². The summed E-state index contributed by atoms with van der Waals surface area (Å²) in [6.07, 6.45) is 8.89. The fourth-order valence-electron chi connectivity index (χ4n) is 2.29. The Morgan fingerprint density at radius 3 is 2.24 bits per heavy atom. The first-order chi connectivity index (χ1) is 10.3. The van der Waals surface area contributed by atoms with Gasteiger partial charge in [0.15, 0.2) is 6.10 Å². The van der Waals surface area contributed by atoms with Gasteiger partial charge in [-0.25, -0.2) is 4.79 Å². The lowest BCUT2D eigenvalue weighted by Gasteiger charge is -2.14. The molecule has 0 aromatic heterocycles. The summed E-state index contributed by atoms with van der Waals surface area (Å²) in [7, 11) is 1.57. The van der Waals surface area contributed by atoms with E-state index in [-0.39, 0.29) is 5.97 Å². The molecule has 0 heterocycles. The highest BCUT2D eigenvalue weighted by Gasteiger charge is 2.19. The molecule has 118 valence electrons. The molecule has 0 bridgehead atoms. The first-order valence-electron chi connectivity index (χ1n) is 8.07. The molecule has 1 atom stereocenters. The Bertz CT molecular complexity index is 375. The predicted octanol–water partition coefficient (Wildman–Crippen LogP) is 4.75. The van der Waals surface area contributed by atoms with E-state index in [2.05, 4.69) is 6.92 Å². The molecular formula is C18H28O3. The molecular weight excluding hydrogens is 264 g/mol. The highest BCUT2D eigenvalue weighted by molar-refractivity contribution is 5.77. The summed E-state index contributed by atoms with van der Waals surface area (Å²) in [6, 6.07) is 9.14. The summed E-state index contributed by atoms with van der Waals surface area (Å²) in [5.41, 5.74) is 0. The molecule has 0 aliphatic heterocycles. The number of hydrogen-bond donors (Lipinski definition) is 0. The van der Waals surface area contributed by atoms with Crippen molar-refractivity contribution in [3.8, 4) is 5.75 Å². The average molecular weight is 292 g/mol. The number of rotatable bonds is 11. The van der Waals surface area contributed by atoms with Crippen LogP contribution in [0.5, 0.6) is 5.75 Å². The Kier molecular flexibility index (Phi) is 9.55. The fourth-order valence-corrected chi connectivity index (χ4v) is 2.29. The number of ether oxygens (including phenoxy) is 2. The zero-order chi connectivity index (χ0) is 15.3. The van der Waals surface area contributed by atoms with Crippen LogP contribution in [-0.2, 0) is 9.53 Å². The minimum Gasteiger partial charge on any atom is -0.425 e. The third kappa shape index (κ3) is 7.86. The van der Waals surface area contributed by atoms with Crippen molar-refractivity contribution < 1.29 is 14.3 Å². The van der Waals surface area contributed by atoms with Crippen LogP contribution < -0.4 is 4.74 Å². The Balaban J connectivity index is 2.20. The van der Waals surface area contributed by atoms with Gasteiger partial charge < -0.3 is 9.47 Å². The molecule has 1 aromatic carbocycles. The number of unbranched alkanes of at least 4 members (excludes halogenated alkanes) is 6. The highest BCUT2D eigenvalue weighted by atomic mass is 16.6. The van der Waals surface area contributed by atoms with Gasteiger partial charge in [-0.2, -0.15) is 0 Å². The van der Waals surface area contributed by atoms with Gasteiger partial charge in [0.1, 0.15) is 5.75 Å². The molecule has 0 aliphatic carbocycles. The van der Waals surface area contributed by atoms with Crippen LogP contribution in [0.4, 0.5) is 0 Å². The molecule has 21 heavy (non-hydrogen) atoms. The summed E-state index contributed by atoms with van der Waals surface area (Å²) >= 11 is 0. The van der Waals surface area contributed by atoms with Crippen LogP contribution in [0.15, 0.2) is 30.3 Å². The van der Waals surface area contributed by atoms with E-state index in [0.717, 1.165) is 19.3 Å². The van der Waals surface area contributed by atoms with Crippen molar-refractivity contribution in [3.63, 3.8) is 0 Å². The zero-order valence-corrected chi connectivity index (χ0v) is 13.3. The number of carbonyl (C=O) groups is 1. The Labute approximate surface area is 128 Å². The highest BCUT2D eigenvalue weighted by Crippen LogP contribution is 2.14. The maximum absolute atomic E-state index is 12.0. The van der Waals surface area contributed by atoms with Gasteiger partial charge in [-0.1, -0.05) is 70.1 Å². The van der Waals surface area contributed by atoms with Gasteiger partial charge in [-0.05, 0) is 18.6 Å². The maximum Gasteiger partial charge on any atom is 0.340 e. The zero-order valence-electron chi connectivity index (χ0n) is 13.3. The van der Waals surface area contributed by atoms with Gasteiger partial charge in [0, 0.05) is 7.11 Å². The summed E-state index contributed by atoms with van der Waals surface area (Å²) in [4.78, 5) is 12.0. The molecule has 0 fully saturated rings. The second kappa shape index (κ2) is 11.3. The van der Waals surface area contributed by atoms with Crippen LogP contribution in [0.3, 0.4) is 0 Å². The number of carbonyl (C=O) groups excluding carboxylic acids is 1. The molecule has 0 aliphatic rings. The van der Waals surface area contributed by atoms with Crippen molar-refractivity contribution in [3.05, 3.63) is 30.3 Å².